The number of carbonyl (C=O) groups excluding carboxylic acids is 2. The molecule has 2 aromatic rings. The van der Waals surface area contributed by atoms with Crippen LogP contribution in [0.3, 0.4) is 0 Å². The Morgan fingerprint density at radius 1 is 1.14 bits per heavy atom. The first-order chi connectivity index (χ1) is 14.0. The molecule has 0 aromatic carbocycles. The zero-order valence-electron chi connectivity index (χ0n) is 15.6. The van der Waals surface area contributed by atoms with Gasteiger partial charge in [0.05, 0.1) is 6.26 Å². The van der Waals surface area contributed by atoms with E-state index in [-0.39, 0.29) is 36.4 Å². The third-order valence-electron chi connectivity index (χ3n) is 5.20. The predicted octanol–water partition coefficient (Wildman–Crippen LogP) is -0.206. The number of furan rings is 1. The van der Waals surface area contributed by atoms with Gasteiger partial charge in [0.25, 0.3) is 11.5 Å². The van der Waals surface area contributed by atoms with Crippen molar-refractivity contribution in [3.8, 4) is 6.07 Å². The monoisotopic (exact) mass is 397 g/mol. The lowest BCUT2D eigenvalue weighted by molar-refractivity contribution is -0.133. The van der Waals surface area contributed by atoms with Crippen molar-refractivity contribution in [3.05, 3.63) is 56.8 Å². The van der Waals surface area contributed by atoms with Crippen LogP contribution in [0.4, 0.5) is 0 Å². The van der Waals surface area contributed by atoms with Crippen LogP contribution >= 0.6 is 0 Å². The van der Waals surface area contributed by atoms with Crippen molar-refractivity contribution in [1.82, 2.24) is 18.9 Å². The van der Waals surface area contributed by atoms with E-state index in [2.05, 4.69) is 0 Å². The van der Waals surface area contributed by atoms with E-state index in [4.69, 9.17) is 4.42 Å². The molecule has 2 amide bonds. The smallest absolute Gasteiger partial charge is 0.331 e. The summed E-state index contributed by atoms with van der Waals surface area (Å²) in [5.41, 5.74) is -1.48. The fourth-order valence-electron chi connectivity index (χ4n) is 3.40. The fraction of sp³-hybridized carbons (Fsp3) is 0.421. The molecule has 29 heavy (non-hydrogen) atoms. The summed E-state index contributed by atoms with van der Waals surface area (Å²) in [6, 6.07) is 4.99. The molecule has 1 aliphatic heterocycles. The first kappa shape index (κ1) is 18.7. The summed E-state index contributed by atoms with van der Waals surface area (Å²) in [7, 11) is 0. The van der Waals surface area contributed by atoms with Crippen molar-refractivity contribution < 1.29 is 14.0 Å². The third kappa shape index (κ3) is 3.59. The summed E-state index contributed by atoms with van der Waals surface area (Å²) in [4.78, 5) is 53.1. The number of hydrogen-bond donors (Lipinski definition) is 0. The van der Waals surface area contributed by atoms with Gasteiger partial charge in [-0.3, -0.25) is 19.0 Å². The minimum absolute atomic E-state index is 0.0206. The maximum atomic E-state index is 12.7. The van der Waals surface area contributed by atoms with Gasteiger partial charge < -0.3 is 14.2 Å². The van der Waals surface area contributed by atoms with Crippen LogP contribution in [-0.2, 0) is 11.3 Å². The molecule has 2 aliphatic rings. The molecule has 0 spiro atoms. The molecule has 10 heteroatoms. The van der Waals surface area contributed by atoms with Crippen LogP contribution < -0.4 is 11.2 Å². The van der Waals surface area contributed by atoms with E-state index in [0.717, 1.165) is 17.4 Å². The van der Waals surface area contributed by atoms with Crippen molar-refractivity contribution in [1.29, 1.82) is 5.26 Å². The highest BCUT2D eigenvalue weighted by Gasteiger charge is 2.29. The van der Waals surface area contributed by atoms with Crippen molar-refractivity contribution in [2.24, 2.45) is 0 Å². The highest BCUT2D eigenvalue weighted by molar-refractivity contribution is 5.91. The van der Waals surface area contributed by atoms with E-state index in [9.17, 15) is 24.4 Å². The normalized spacial score (nSPS) is 16.5. The van der Waals surface area contributed by atoms with Gasteiger partial charge in [0.1, 0.15) is 18.2 Å². The van der Waals surface area contributed by atoms with E-state index in [1.165, 1.54) is 21.9 Å². The Labute approximate surface area is 165 Å². The largest absolute Gasteiger partial charge is 0.459 e. The average molecular weight is 397 g/mol. The van der Waals surface area contributed by atoms with Crippen molar-refractivity contribution in [3.63, 3.8) is 0 Å². The van der Waals surface area contributed by atoms with Crippen LogP contribution in [0, 0.1) is 11.3 Å². The van der Waals surface area contributed by atoms with Crippen LogP contribution in [0.2, 0.25) is 0 Å². The Hall–Kier alpha value is -3.61. The molecule has 1 saturated carbocycles. The standard InChI is InChI=1S/C19H19N5O5/c20-10-13-11-23(14-3-4-14)19(28)24(17(13)26)12-16(25)21-5-7-22(8-6-21)18(27)15-2-1-9-29-15/h1-2,9,11,14H,3-8,12H2. The van der Waals surface area contributed by atoms with Crippen LogP contribution in [0.1, 0.15) is 35.0 Å². The lowest BCUT2D eigenvalue weighted by Crippen LogP contribution is -2.52. The second-order valence-electron chi connectivity index (χ2n) is 7.12. The van der Waals surface area contributed by atoms with Crippen LogP contribution in [0.15, 0.2) is 38.6 Å². The number of hydrogen-bond acceptors (Lipinski definition) is 6. The second kappa shape index (κ2) is 7.43. The highest BCUT2D eigenvalue weighted by Crippen LogP contribution is 2.33. The summed E-state index contributed by atoms with van der Waals surface area (Å²) in [5, 5.41) is 9.18. The lowest BCUT2D eigenvalue weighted by atomic mass is 10.2. The number of piperazine rings is 1. The molecule has 0 radical (unpaired) electrons. The van der Waals surface area contributed by atoms with Crippen molar-refractivity contribution in [2.75, 3.05) is 26.2 Å². The first-order valence-corrected chi connectivity index (χ1v) is 9.36. The minimum atomic E-state index is -0.755. The topological polar surface area (TPSA) is 122 Å². The molecule has 4 rings (SSSR count). The van der Waals surface area contributed by atoms with Gasteiger partial charge in [-0.05, 0) is 25.0 Å². The lowest BCUT2D eigenvalue weighted by Gasteiger charge is -2.34. The molecule has 3 heterocycles. The summed E-state index contributed by atoms with van der Waals surface area (Å²) < 4.78 is 7.31. The molecule has 10 nitrogen and oxygen atoms in total. The third-order valence-corrected chi connectivity index (χ3v) is 5.20. The molecule has 0 N–H and O–H groups in total. The van der Waals surface area contributed by atoms with Crippen LogP contribution in [0.25, 0.3) is 0 Å². The van der Waals surface area contributed by atoms with Crippen LogP contribution in [0.5, 0.6) is 0 Å². The van der Waals surface area contributed by atoms with E-state index in [1.54, 1.807) is 23.1 Å². The second-order valence-corrected chi connectivity index (χ2v) is 7.12. The predicted molar refractivity (Wildman–Crippen MR) is 99.1 cm³/mol. The molecule has 2 aromatic heterocycles. The van der Waals surface area contributed by atoms with Gasteiger partial charge in [-0.1, -0.05) is 0 Å². The quantitative estimate of drug-likeness (QED) is 0.704. The molecular weight excluding hydrogens is 378 g/mol. The summed E-state index contributed by atoms with van der Waals surface area (Å²) >= 11 is 0. The van der Waals surface area contributed by atoms with Gasteiger partial charge in [0.2, 0.25) is 5.91 Å². The zero-order chi connectivity index (χ0) is 20.5. The Morgan fingerprint density at radius 2 is 1.83 bits per heavy atom. The van der Waals surface area contributed by atoms with E-state index < -0.39 is 23.7 Å². The van der Waals surface area contributed by atoms with E-state index >= 15 is 0 Å². The molecule has 1 aliphatic carbocycles. The van der Waals surface area contributed by atoms with E-state index in [1.807, 2.05) is 0 Å². The summed E-state index contributed by atoms with van der Waals surface area (Å²) in [5.74, 6) is -0.399. The molecule has 0 unspecified atom stereocenters. The maximum absolute atomic E-state index is 12.7. The number of rotatable bonds is 4. The molecule has 150 valence electrons. The number of aromatic nitrogens is 2. The van der Waals surface area contributed by atoms with Crippen molar-refractivity contribution >= 4 is 11.8 Å². The van der Waals surface area contributed by atoms with E-state index in [0.29, 0.717) is 13.1 Å². The molecule has 0 bridgehead atoms. The Bertz CT molecular complexity index is 1100. The van der Waals surface area contributed by atoms with Gasteiger partial charge in [-0.2, -0.15) is 5.26 Å². The Kier molecular flexibility index (Phi) is 4.80. The number of nitrogens with zero attached hydrogens (tertiary/aromatic N) is 5. The minimum Gasteiger partial charge on any atom is -0.459 e. The SMILES string of the molecule is N#Cc1cn(C2CC2)c(=O)n(CC(=O)N2CCN(C(=O)c3ccco3)CC2)c1=O. The van der Waals surface area contributed by atoms with Crippen molar-refractivity contribution in [2.45, 2.75) is 25.4 Å². The highest BCUT2D eigenvalue weighted by atomic mass is 16.3. The van der Waals surface area contributed by atoms with Crippen LogP contribution in [-0.4, -0.2) is 56.9 Å². The van der Waals surface area contributed by atoms with Gasteiger partial charge in [-0.15, -0.1) is 0 Å². The average Bonchev–Trinajstić information content (AvgIpc) is 3.43. The number of carbonyl (C=O) groups is 2. The van der Waals surface area contributed by atoms with Gasteiger partial charge in [-0.25, -0.2) is 9.36 Å². The van der Waals surface area contributed by atoms with Gasteiger partial charge in [0.15, 0.2) is 5.76 Å². The van der Waals surface area contributed by atoms with Gasteiger partial charge in [0, 0.05) is 38.4 Å². The Balaban J connectivity index is 1.46. The first-order valence-electron chi connectivity index (χ1n) is 9.36. The zero-order valence-corrected chi connectivity index (χ0v) is 15.6. The summed E-state index contributed by atoms with van der Waals surface area (Å²) in [6.45, 7) is 0.797. The molecule has 1 saturated heterocycles. The maximum Gasteiger partial charge on any atom is 0.331 e. The molecule has 2 fully saturated rings. The summed E-state index contributed by atoms with van der Waals surface area (Å²) in [6.07, 6.45) is 4.32. The Morgan fingerprint density at radius 3 is 2.41 bits per heavy atom. The van der Waals surface area contributed by atoms with Gasteiger partial charge >= 0.3 is 5.69 Å². The number of nitriles is 1. The fourth-order valence-corrected chi connectivity index (χ4v) is 3.40. The number of amides is 2. The molecular formula is C19H19N5O5. The molecule has 0 atom stereocenters.